The Labute approximate surface area is 223 Å². The smallest absolute Gasteiger partial charge is 0.303 e. The summed E-state index contributed by atoms with van der Waals surface area (Å²) in [7, 11) is -3.68. The van der Waals surface area contributed by atoms with Crippen LogP contribution in [0.2, 0.25) is 0 Å². The van der Waals surface area contributed by atoms with Crippen LogP contribution in [0.15, 0.2) is 65.6 Å². The van der Waals surface area contributed by atoms with E-state index in [1.165, 1.54) is 4.31 Å². The highest BCUT2D eigenvalue weighted by Gasteiger charge is 2.30. The van der Waals surface area contributed by atoms with E-state index in [0.29, 0.717) is 29.5 Å². The minimum atomic E-state index is -3.68. The summed E-state index contributed by atoms with van der Waals surface area (Å²) in [6.07, 6.45) is 2.44. The van der Waals surface area contributed by atoms with Crippen LogP contribution in [0.25, 0.3) is 10.8 Å². The first-order valence-electron chi connectivity index (χ1n) is 12.6. The van der Waals surface area contributed by atoms with Crippen molar-refractivity contribution in [2.24, 2.45) is 0 Å². The molecule has 0 amide bonds. The summed E-state index contributed by atoms with van der Waals surface area (Å²) in [6, 6.07) is 19.0. The van der Waals surface area contributed by atoms with Crippen LogP contribution in [0.3, 0.4) is 0 Å². The highest BCUT2D eigenvalue weighted by molar-refractivity contribution is 7.92. The highest BCUT2D eigenvalue weighted by atomic mass is 32.2. The number of carboxylic acids is 2. The maximum absolute atomic E-state index is 13.5. The number of aliphatic carboxylic acids is 2. The van der Waals surface area contributed by atoms with Gasteiger partial charge in [-0.1, -0.05) is 43.3 Å². The summed E-state index contributed by atoms with van der Waals surface area (Å²) in [4.78, 5) is 19.6. The number of carbonyl (C=O) groups is 2. The molecule has 0 radical (unpaired) electrons. The lowest BCUT2D eigenvalue weighted by atomic mass is 10.1. The van der Waals surface area contributed by atoms with Gasteiger partial charge in [0.1, 0.15) is 12.4 Å². The van der Waals surface area contributed by atoms with Crippen LogP contribution in [0.5, 0.6) is 5.75 Å². The minimum Gasteiger partial charge on any atom is -0.489 e. The topological polar surface area (TPSA) is 133 Å². The predicted octanol–water partition coefficient (Wildman–Crippen LogP) is 4.30. The van der Waals surface area contributed by atoms with E-state index in [1.807, 2.05) is 48.5 Å². The van der Waals surface area contributed by atoms with Gasteiger partial charge in [-0.15, -0.1) is 0 Å². The molecule has 1 aliphatic heterocycles. The van der Waals surface area contributed by atoms with E-state index < -0.39 is 22.0 Å². The lowest BCUT2D eigenvalue weighted by Crippen LogP contribution is -2.38. The van der Waals surface area contributed by atoms with E-state index in [1.54, 1.807) is 12.1 Å². The summed E-state index contributed by atoms with van der Waals surface area (Å²) in [5, 5.41) is 21.1. The molecule has 4 rings (SSSR count). The third kappa shape index (κ3) is 7.93. The Hall–Kier alpha value is -3.63. The van der Waals surface area contributed by atoms with E-state index >= 15 is 0 Å². The first-order chi connectivity index (χ1) is 18.2. The average molecular weight is 543 g/mol. The fraction of sp³-hybridized carbons (Fsp3) is 0.357. The maximum Gasteiger partial charge on any atom is 0.303 e. The number of benzene rings is 3. The highest BCUT2D eigenvalue weighted by Crippen LogP contribution is 2.36. The first kappa shape index (κ1) is 28.9. The van der Waals surface area contributed by atoms with Crippen LogP contribution in [-0.2, 0) is 26.0 Å². The Balaban J connectivity index is 0.000000436. The minimum absolute atomic E-state index is 0.296. The Morgan fingerprint density at radius 3 is 2.34 bits per heavy atom. The maximum atomic E-state index is 13.5. The molecule has 9 nitrogen and oxygen atoms in total. The van der Waals surface area contributed by atoms with Gasteiger partial charge < -0.3 is 20.3 Å². The largest absolute Gasteiger partial charge is 0.489 e. The second-order valence-electron chi connectivity index (χ2n) is 8.88. The van der Waals surface area contributed by atoms with Crippen LogP contribution in [-0.4, -0.2) is 56.8 Å². The molecule has 38 heavy (non-hydrogen) atoms. The quantitative estimate of drug-likeness (QED) is 0.306. The van der Waals surface area contributed by atoms with E-state index in [2.05, 4.69) is 12.2 Å². The Bertz CT molecular complexity index is 1340. The molecule has 0 bridgehead atoms. The van der Waals surface area contributed by atoms with Crippen molar-refractivity contribution in [2.75, 3.05) is 30.5 Å². The van der Waals surface area contributed by atoms with Crippen molar-refractivity contribution < 1.29 is 33.0 Å². The van der Waals surface area contributed by atoms with Gasteiger partial charge in [-0.2, -0.15) is 0 Å². The number of hydrogen-bond donors (Lipinski definition) is 3. The normalized spacial score (nSPS) is 12.7. The van der Waals surface area contributed by atoms with E-state index in [-0.39, 0.29) is 12.8 Å². The zero-order chi connectivity index (χ0) is 27.5. The van der Waals surface area contributed by atoms with Crippen molar-refractivity contribution in [3.63, 3.8) is 0 Å². The summed E-state index contributed by atoms with van der Waals surface area (Å²) >= 11 is 0. The molecule has 1 heterocycles. The lowest BCUT2D eigenvalue weighted by Gasteiger charge is -2.31. The van der Waals surface area contributed by atoms with Crippen molar-refractivity contribution in [3.05, 3.63) is 66.2 Å². The molecule has 0 aromatic heterocycles. The first-order valence-corrected chi connectivity index (χ1v) is 14.1. The number of hydrogen-bond acceptors (Lipinski definition) is 6. The molecule has 1 aliphatic rings. The zero-order valence-corrected chi connectivity index (χ0v) is 22.2. The Kier molecular flexibility index (Phi) is 10.5. The molecule has 3 aromatic carbocycles. The summed E-state index contributed by atoms with van der Waals surface area (Å²) in [5.74, 6) is -1.53. The number of sulfonamides is 1. The molecule has 10 heteroatoms. The van der Waals surface area contributed by atoms with Crippen molar-refractivity contribution in [1.82, 2.24) is 5.32 Å². The van der Waals surface area contributed by atoms with Crippen LogP contribution >= 0.6 is 0 Å². The second-order valence-corrected chi connectivity index (χ2v) is 10.7. The molecule has 0 saturated carbocycles. The van der Waals surface area contributed by atoms with Crippen molar-refractivity contribution in [3.8, 4) is 5.75 Å². The number of fused-ring (bicyclic) bond motifs is 2. The van der Waals surface area contributed by atoms with E-state index in [0.717, 1.165) is 48.7 Å². The van der Waals surface area contributed by atoms with E-state index in [9.17, 15) is 18.0 Å². The standard InChI is InChI=1S/C24H28N2O3S.C4H6O4/c1-2-13-25-14-5-6-19-9-12-24-23(17-19)26(15-16-29-24)30(27,28)22-11-10-20-7-3-4-8-21(20)18-22;5-3(6)1-2-4(7)8/h3-4,7-12,17-18,25H,2,5-6,13-16H2,1H3;1-2H2,(H,5,6)(H,7,8). The number of nitrogens with one attached hydrogen (secondary N) is 1. The summed E-state index contributed by atoms with van der Waals surface area (Å²) in [6.45, 7) is 4.79. The van der Waals surface area contributed by atoms with Gasteiger partial charge in [0.2, 0.25) is 0 Å². The van der Waals surface area contributed by atoms with Crippen molar-refractivity contribution in [2.45, 2.75) is 43.9 Å². The monoisotopic (exact) mass is 542 g/mol. The third-order valence-corrected chi connectivity index (χ3v) is 7.76. The predicted molar refractivity (Wildman–Crippen MR) is 146 cm³/mol. The molecular weight excluding hydrogens is 508 g/mol. The molecule has 0 fully saturated rings. The van der Waals surface area contributed by atoms with Gasteiger partial charge in [0.25, 0.3) is 10.0 Å². The number of aryl methyl sites for hydroxylation is 1. The number of anilines is 1. The molecule has 0 atom stereocenters. The second kappa shape index (κ2) is 13.8. The van der Waals surface area contributed by atoms with Crippen molar-refractivity contribution in [1.29, 1.82) is 0 Å². The van der Waals surface area contributed by atoms with Gasteiger partial charge in [0, 0.05) is 0 Å². The zero-order valence-electron chi connectivity index (χ0n) is 21.4. The Morgan fingerprint density at radius 1 is 0.947 bits per heavy atom. The number of rotatable bonds is 11. The van der Waals surface area contributed by atoms with Gasteiger partial charge in [-0.3, -0.25) is 13.9 Å². The lowest BCUT2D eigenvalue weighted by molar-refractivity contribution is -0.143. The van der Waals surface area contributed by atoms with Crippen LogP contribution in [0.4, 0.5) is 5.69 Å². The van der Waals surface area contributed by atoms with Crippen LogP contribution in [0, 0.1) is 0 Å². The van der Waals surface area contributed by atoms with Gasteiger partial charge in [0.15, 0.2) is 0 Å². The van der Waals surface area contributed by atoms with Crippen molar-refractivity contribution >= 4 is 38.4 Å². The SMILES string of the molecule is CCCNCCCc1ccc2c(c1)N(S(=O)(=O)c1ccc3ccccc3c1)CCO2.O=C(O)CCC(=O)O. The molecular formula is C28H34N2O7S. The number of ether oxygens (including phenoxy) is 1. The summed E-state index contributed by atoms with van der Waals surface area (Å²) in [5.41, 5.74) is 1.75. The van der Waals surface area contributed by atoms with E-state index in [4.69, 9.17) is 14.9 Å². The van der Waals surface area contributed by atoms with Gasteiger partial charge in [-0.25, -0.2) is 8.42 Å². The molecule has 3 N–H and O–H groups in total. The molecule has 3 aromatic rings. The molecule has 0 aliphatic carbocycles. The van der Waals surface area contributed by atoms with Gasteiger partial charge >= 0.3 is 11.9 Å². The third-order valence-electron chi connectivity index (χ3n) is 5.95. The molecule has 0 saturated heterocycles. The molecule has 0 unspecified atom stereocenters. The fourth-order valence-electron chi connectivity index (χ4n) is 4.03. The average Bonchev–Trinajstić information content (AvgIpc) is 2.91. The number of nitrogens with zero attached hydrogens (tertiary/aromatic N) is 1. The van der Waals surface area contributed by atoms with Gasteiger partial charge in [0.05, 0.1) is 30.0 Å². The Morgan fingerprint density at radius 2 is 1.66 bits per heavy atom. The van der Waals surface area contributed by atoms with Crippen LogP contribution < -0.4 is 14.4 Å². The molecule has 0 spiro atoms. The van der Waals surface area contributed by atoms with Gasteiger partial charge in [-0.05, 0) is 73.0 Å². The van der Waals surface area contributed by atoms with Crippen LogP contribution in [0.1, 0.15) is 38.2 Å². The summed E-state index contributed by atoms with van der Waals surface area (Å²) < 4.78 is 34.2. The number of carboxylic acid groups (broad SMARTS) is 2. The fourth-order valence-corrected chi connectivity index (χ4v) is 5.52. The molecule has 204 valence electrons.